The smallest absolute Gasteiger partial charge is 0.256 e. The van der Waals surface area contributed by atoms with Gasteiger partial charge in [0.15, 0.2) is 5.82 Å². The van der Waals surface area contributed by atoms with Crippen LogP contribution in [-0.4, -0.2) is 21.0 Å². The van der Waals surface area contributed by atoms with E-state index in [0.717, 1.165) is 30.4 Å². The summed E-state index contributed by atoms with van der Waals surface area (Å²) in [5.74, 6) is 1.25. The van der Waals surface area contributed by atoms with E-state index in [2.05, 4.69) is 22.2 Å². The molecule has 0 bridgehead atoms. The molecule has 1 aliphatic carbocycles. The normalized spacial score (nSPS) is 16.1. The van der Waals surface area contributed by atoms with Gasteiger partial charge in [-0.15, -0.1) is 11.3 Å². The number of fused-ring (bicyclic) bond motifs is 1. The number of phenols is 1. The highest BCUT2D eigenvalue weighted by molar-refractivity contribution is 7.10. The molecule has 26 heavy (non-hydrogen) atoms. The maximum atomic E-state index is 12.6. The fourth-order valence-electron chi connectivity index (χ4n) is 3.25. The van der Waals surface area contributed by atoms with Crippen molar-refractivity contribution in [3.63, 3.8) is 0 Å². The van der Waals surface area contributed by atoms with Gasteiger partial charge in [0.25, 0.3) is 5.91 Å². The molecule has 2 N–H and O–H groups in total. The Kier molecular flexibility index (Phi) is 4.42. The highest BCUT2D eigenvalue weighted by Gasteiger charge is 2.23. The predicted molar refractivity (Wildman–Crippen MR) is 103 cm³/mol. The van der Waals surface area contributed by atoms with E-state index in [9.17, 15) is 9.90 Å². The molecule has 3 aromatic rings. The molecule has 0 saturated carbocycles. The van der Waals surface area contributed by atoms with Crippen LogP contribution in [0.5, 0.6) is 5.75 Å². The second kappa shape index (κ2) is 6.88. The Morgan fingerprint density at radius 1 is 1.31 bits per heavy atom. The van der Waals surface area contributed by atoms with Crippen LogP contribution in [-0.2, 0) is 12.8 Å². The second-order valence-electron chi connectivity index (χ2n) is 6.70. The van der Waals surface area contributed by atoms with Gasteiger partial charge in [0.05, 0.1) is 23.6 Å². The molecule has 1 atom stereocenters. The fraction of sp³-hybridized carbons (Fsp3) is 0.250. The third kappa shape index (κ3) is 3.32. The SMILES string of the molecule is CC1CCc2c(C(=O)Nc3cnc(-c4cccc(O)c4)nc3)csc2C1. The lowest BCUT2D eigenvalue weighted by Gasteiger charge is -2.18. The largest absolute Gasteiger partial charge is 0.508 e. The Morgan fingerprint density at radius 2 is 2.12 bits per heavy atom. The lowest BCUT2D eigenvalue weighted by atomic mass is 9.88. The third-order valence-electron chi connectivity index (χ3n) is 4.66. The van der Waals surface area contributed by atoms with Gasteiger partial charge in [-0.1, -0.05) is 19.1 Å². The molecule has 1 unspecified atom stereocenters. The van der Waals surface area contributed by atoms with Crippen LogP contribution in [0.4, 0.5) is 5.69 Å². The number of thiophene rings is 1. The number of anilines is 1. The first-order valence-corrected chi connectivity index (χ1v) is 9.50. The van der Waals surface area contributed by atoms with E-state index >= 15 is 0 Å². The number of carbonyl (C=O) groups excluding carboxylic acids is 1. The molecule has 132 valence electrons. The molecule has 0 radical (unpaired) electrons. The van der Waals surface area contributed by atoms with E-state index in [-0.39, 0.29) is 11.7 Å². The number of hydrogen-bond donors (Lipinski definition) is 2. The van der Waals surface area contributed by atoms with Crippen molar-refractivity contribution in [3.8, 4) is 17.1 Å². The van der Waals surface area contributed by atoms with Crippen LogP contribution < -0.4 is 5.32 Å². The van der Waals surface area contributed by atoms with E-state index in [0.29, 0.717) is 17.4 Å². The van der Waals surface area contributed by atoms with Crippen molar-refractivity contribution in [1.82, 2.24) is 9.97 Å². The van der Waals surface area contributed by atoms with Gasteiger partial charge < -0.3 is 10.4 Å². The summed E-state index contributed by atoms with van der Waals surface area (Å²) >= 11 is 1.68. The lowest BCUT2D eigenvalue weighted by Crippen LogP contribution is -2.16. The first kappa shape index (κ1) is 16.7. The summed E-state index contributed by atoms with van der Waals surface area (Å²) in [6, 6.07) is 6.77. The fourth-order valence-corrected chi connectivity index (χ4v) is 4.50. The molecule has 2 aromatic heterocycles. The maximum absolute atomic E-state index is 12.6. The van der Waals surface area contributed by atoms with E-state index in [4.69, 9.17) is 0 Å². The summed E-state index contributed by atoms with van der Waals surface area (Å²) in [7, 11) is 0. The number of benzene rings is 1. The van der Waals surface area contributed by atoms with E-state index < -0.39 is 0 Å². The van der Waals surface area contributed by atoms with Crippen molar-refractivity contribution in [2.24, 2.45) is 5.92 Å². The van der Waals surface area contributed by atoms with E-state index in [1.165, 1.54) is 10.4 Å². The van der Waals surface area contributed by atoms with Crippen LogP contribution in [0.3, 0.4) is 0 Å². The first-order chi connectivity index (χ1) is 12.6. The number of carbonyl (C=O) groups is 1. The maximum Gasteiger partial charge on any atom is 0.256 e. The zero-order valence-corrected chi connectivity index (χ0v) is 15.2. The average molecular weight is 365 g/mol. The molecule has 1 amide bonds. The Morgan fingerprint density at radius 3 is 2.88 bits per heavy atom. The van der Waals surface area contributed by atoms with Gasteiger partial charge in [-0.2, -0.15) is 0 Å². The van der Waals surface area contributed by atoms with Gasteiger partial charge in [-0.3, -0.25) is 4.79 Å². The minimum Gasteiger partial charge on any atom is -0.508 e. The summed E-state index contributed by atoms with van der Waals surface area (Å²) in [5.41, 5.74) is 3.25. The second-order valence-corrected chi connectivity index (χ2v) is 7.66. The minimum absolute atomic E-state index is 0.106. The molecule has 1 aromatic carbocycles. The van der Waals surface area contributed by atoms with Gasteiger partial charge in [-0.25, -0.2) is 9.97 Å². The molecule has 6 heteroatoms. The number of aromatic hydroxyl groups is 1. The summed E-state index contributed by atoms with van der Waals surface area (Å²) in [6.07, 6.45) is 6.34. The van der Waals surface area contributed by atoms with Crippen LogP contribution in [0.1, 0.15) is 34.1 Å². The van der Waals surface area contributed by atoms with E-state index in [1.807, 2.05) is 11.4 Å². The number of nitrogens with one attached hydrogen (secondary N) is 1. The zero-order chi connectivity index (χ0) is 18.1. The summed E-state index contributed by atoms with van der Waals surface area (Å²) < 4.78 is 0. The van der Waals surface area contributed by atoms with Gasteiger partial charge in [0.1, 0.15) is 5.75 Å². The number of rotatable bonds is 3. The van der Waals surface area contributed by atoms with Gasteiger partial charge in [0, 0.05) is 15.8 Å². The van der Waals surface area contributed by atoms with Crippen molar-refractivity contribution in [1.29, 1.82) is 0 Å². The molecular formula is C20H19N3O2S. The molecule has 4 rings (SSSR count). The van der Waals surface area contributed by atoms with Crippen LogP contribution >= 0.6 is 11.3 Å². The molecule has 5 nitrogen and oxygen atoms in total. The Balaban J connectivity index is 1.50. The minimum atomic E-state index is -0.106. The zero-order valence-electron chi connectivity index (χ0n) is 14.4. The standard InChI is InChI=1S/C20H19N3O2S/c1-12-5-6-16-17(11-26-18(16)7-12)20(25)23-14-9-21-19(22-10-14)13-3-2-4-15(24)8-13/h2-4,8-12,24H,5-7H2,1H3,(H,23,25). The van der Waals surface area contributed by atoms with Crippen LogP contribution in [0.25, 0.3) is 11.4 Å². The molecule has 0 saturated heterocycles. The Bertz CT molecular complexity index is 950. The molecule has 0 spiro atoms. The van der Waals surface area contributed by atoms with Crippen molar-refractivity contribution >= 4 is 22.9 Å². The van der Waals surface area contributed by atoms with Crippen LogP contribution in [0.15, 0.2) is 42.0 Å². The molecular weight excluding hydrogens is 346 g/mol. The summed E-state index contributed by atoms with van der Waals surface area (Å²) in [5, 5.41) is 14.4. The van der Waals surface area contributed by atoms with Crippen LogP contribution in [0.2, 0.25) is 0 Å². The van der Waals surface area contributed by atoms with Crippen molar-refractivity contribution < 1.29 is 9.90 Å². The topological polar surface area (TPSA) is 75.1 Å². The summed E-state index contributed by atoms with van der Waals surface area (Å²) in [4.78, 5) is 22.5. The van der Waals surface area contributed by atoms with E-state index in [1.54, 1.807) is 41.9 Å². The quantitative estimate of drug-likeness (QED) is 0.726. The highest BCUT2D eigenvalue weighted by Crippen LogP contribution is 2.33. The number of nitrogens with zero attached hydrogens (tertiary/aromatic N) is 2. The van der Waals surface area contributed by atoms with Gasteiger partial charge in [0.2, 0.25) is 0 Å². The molecule has 0 fully saturated rings. The van der Waals surface area contributed by atoms with Crippen molar-refractivity contribution in [3.05, 3.63) is 58.0 Å². The highest BCUT2D eigenvalue weighted by atomic mass is 32.1. The number of aromatic nitrogens is 2. The first-order valence-electron chi connectivity index (χ1n) is 8.62. The Labute approximate surface area is 155 Å². The number of hydrogen-bond acceptors (Lipinski definition) is 5. The van der Waals surface area contributed by atoms with Crippen LogP contribution in [0, 0.1) is 5.92 Å². The molecule has 0 aliphatic heterocycles. The molecule has 1 aliphatic rings. The molecule has 2 heterocycles. The Hall–Kier alpha value is -2.73. The number of phenolic OH excluding ortho intramolecular Hbond substituents is 1. The van der Waals surface area contributed by atoms with Gasteiger partial charge >= 0.3 is 0 Å². The van der Waals surface area contributed by atoms with Gasteiger partial charge in [-0.05, 0) is 42.9 Å². The monoisotopic (exact) mass is 365 g/mol. The van der Waals surface area contributed by atoms with Crippen molar-refractivity contribution in [2.75, 3.05) is 5.32 Å². The summed E-state index contributed by atoms with van der Waals surface area (Å²) in [6.45, 7) is 2.26. The number of amides is 1. The predicted octanol–water partition coefficient (Wildman–Crippen LogP) is 4.29. The third-order valence-corrected chi connectivity index (χ3v) is 5.71. The van der Waals surface area contributed by atoms with Crippen molar-refractivity contribution in [2.45, 2.75) is 26.2 Å². The lowest BCUT2D eigenvalue weighted by molar-refractivity contribution is 0.102. The average Bonchev–Trinajstić information content (AvgIpc) is 3.05.